The van der Waals surface area contributed by atoms with Gasteiger partial charge in [0.2, 0.25) is 0 Å². The zero-order valence-electron chi connectivity index (χ0n) is 9.98. The molecule has 16 heavy (non-hydrogen) atoms. The van der Waals surface area contributed by atoms with Crippen LogP contribution in [-0.4, -0.2) is 29.5 Å². The first-order valence-corrected chi connectivity index (χ1v) is 5.73. The summed E-state index contributed by atoms with van der Waals surface area (Å²) in [5, 5.41) is 20.9. The molecule has 1 aromatic carbocycles. The molecule has 0 aliphatic rings. The number of aliphatic hydroxyl groups excluding tert-OH is 2. The predicted octanol–water partition coefficient (Wildman–Crippen LogP) is 1.65. The van der Waals surface area contributed by atoms with Gasteiger partial charge in [0.15, 0.2) is 0 Å². The van der Waals surface area contributed by atoms with Gasteiger partial charge in [0.1, 0.15) is 0 Å². The minimum atomic E-state index is -0.699. The Balaban J connectivity index is 2.45. The molecule has 0 bridgehead atoms. The molecule has 0 saturated carbocycles. The van der Waals surface area contributed by atoms with Crippen LogP contribution in [0.15, 0.2) is 24.3 Å². The van der Waals surface area contributed by atoms with Crippen LogP contribution in [0.5, 0.6) is 0 Å². The zero-order chi connectivity index (χ0) is 12.0. The van der Waals surface area contributed by atoms with Crippen LogP contribution < -0.4 is 5.32 Å². The Morgan fingerprint density at radius 1 is 1.19 bits per heavy atom. The molecular weight excluding hydrogens is 202 g/mol. The number of hydrogen-bond acceptors (Lipinski definition) is 3. The van der Waals surface area contributed by atoms with E-state index in [-0.39, 0.29) is 6.61 Å². The SMILES string of the molecule is CC(C)Cc1ccc(NCC(O)CO)cc1. The standard InChI is InChI=1S/C13H21NO2/c1-10(2)7-11-3-5-12(6-4-11)14-8-13(16)9-15/h3-6,10,13-16H,7-9H2,1-2H3. The summed E-state index contributed by atoms with van der Waals surface area (Å²) < 4.78 is 0. The molecule has 1 unspecified atom stereocenters. The van der Waals surface area contributed by atoms with E-state index in [0.717, 1.165) is 12.1 Å². The van der Waals surface area contributed by atoms with Gasteiger partial charge in [-0.3, -0.25) is 0 Å². The number of benzene rings is 1. The maximum atomic E-state index is 9.18. The first kappa shape index (κ1) is 13.0. The maximum absolute atomic E-state index is 9.18. The molecule has 1 atom stereocenters. The van der Waals surface area contributed by atoms with Crippen molar-refractivity contribution in [3.8, 4) is 0 Å². The van der Waals surface area contributed by atoms with Crippen molar-refractivity contribution in [3.05, 3.63) is 29.8 Å². The van der Waals surface area contributed by atoms with Gasteiger partial charge in [0.05, 0.1) is 12.7 Å². The van der Waals surface area contributed by atoms with Crippen molar-refractivity contribution < 1.29 is 10.2 Å². The van der Waals surface area contributed by atoms with Crippen LogP contribution >= 0.6 is 0 Å². The molecule has 1 aromatic rings. The van der Waals surface area contributed by atoms with E-state index >= 15 is 0 Å². The highest BCUT2D eigenvalue weighted by molar-refractivity contribution is 5.44. The average molecular weight is 223 g/mol. The van der Waals surface area contributed by atoms with Gasteiger partial charge in [-0.1, -0.05) is 26.0 Å². The van der Waals surface area contributed by atoms with Crippen LogP contribution in [0.3, 0.4) is 0 Å². The fourth-order valence-corrected chi connectivity index (χ4v) is 1.53. The Kier molecular flexibility index (Phi) is 5.29. The lowest BCUT2D eigenvalue weighted by Crippen LogP contribution is -2.22. The summed E-state index contributed by atoms with van der Waals surface area (Å²) >= 11 is 0. The van der Waals surface area contributed by atoms with E-state index in [1.807, 2.05) is 12.1 Å². The molecule has 0 aromatic heterocycles. The number of rotatable bonds is 6. The second-order valence-corrected chi connectivity index (χ2v) is 4.51. The van der Waals surface area contributed by atoms with Crippen molar-refractivity contribution in [1.82, 2.24) is 0 Å². The number of anilines is 1. The van der Waals surface area contributed by atoms with E-state index in [1.165, 1.54) is 5.56 Å². The zero-order valence-corrected chi connectivity index (χ0v) is 9.98. The van der Waals surface area contributed by atoms with Crippen LogP contribution in [0, 0.1) is 5.92 Å². The lowest BCUT2D eigenvalue weighted by atomic mass is 10.0. The maximum Gasteiger partial charge on any atom is 0.0942 e. The Hall–Kier alpha value is -1.06. The quantitative estimate of drug-likeness (QED) is 0.687. The fraction of sp³-hybridized carbons (Fsp3) is 0.538. The Morgan fingerprint density at radius 3 is 2.31 bits per heavy atom. The third-order valence-corrected chi connectivity index (χ3v) is 2.35. The normalized spacial score (nSPS) is 12.8. The number of aliphatic hydroxyl groups is 2. The van der Waals surface area contributed by atoms with Crippen molar-refractivity contribution in [2.75, 3.05) is 18.5 Å². The molecule has 3 heteroatoms. The van der Waals surface area contributed by atoms with Crippen LogP contribution in [0.25, 0.3) is 0 Å². The second kappa shape index (κ2) is 6.51. The second-order valence-electron chi connectivity index (χ2n) is 4.51. The summed E-state index contributed by atoms with van der Waals surface area (Å²) in [6.07, 6.45) is 0.384. The van der Waals surface area contributed by atoms with Crippen molar-refractivity contribution in [3.63, 3.8) is 0 Å². The molecule has 90 valence electrons. The topological polar surface area (TPSA) is 52.5 Å². The van der Waals surface area contributed by atoms with Gasteiger partial charge < -0.3 is 15.5 Å². The van der Waals surface area contributed by atoms with E-state index in [4.69, 9.17) is 5.11 Å². The van der Waals surface area contributed by atoms with Crippen molar-refractivity contribution in [2.45, 2.75) is 26.4 Å². The highest BCUT2D eigenvalue weighted by atomic mass is 16.3. The molecule has 0 aliphatic carbocycles. The fourth-order valence-electron chi connectivity index (χ4n) is 1.53. The van der Waals surface area contributed by atoms with Crippen molar-refractivity contribution >= 4 is 5.69 Å². The van der Waals surface area contributed by atoms with Gasteiger partial charge >= 0.3 is 0 Å². The van der Waals surface area contributed by atoms with Crippen molar-refractivity contribution in [1.29, 1.82) is 0 Å². The van der Waals surface area contributed by atoms with Gasteiger partial charge in [-0.2, -0.15) is 0 Å². The van der Waals surface area contributed by atoms with Gasteiger partial charge in [-0.25, -0.2) is 0 Å². The molecule has 3 N–H and O–H groups in total. The lowest BCUT2D eigenvalue weighted by Gasteiger charge is -2.11. The van der Waals surface area contributed by atoms with E-state index in [2.05, 4.69) is 31.3 Å². The first-order valence-electron chi connectivity index (χ1n) is 5.73. The number of nitrogens with one attached hydrogen (secondary N) is 1. The van der Waals surface area contributed by atoms with Crippen LogP contribution in [0.4, 0.5) is 5.69 Å². The lowest BCUT2D eigenvalue weighted by molar-refractivity contribution is 0.105. The molecule has 0 spiro atoms. The summed E-state index contributed by atoms with van der Waals surface area (Å²) in [6.45, 7) is 4.56. The Bertz CT molecular complexity index is 295. The Labute approximate surface area is 97.1 Å². The molecule has 0 heterocycles. The summed E-state index contributed by atoms with van der Waals surface area (Å²) in [5.74, 6) is 0.662. The monoisotopic (exact) mass is 223 g/mol. The van der Waals surface area contributed by atoms with Gasteiger partial charge in [-0.05, 0) is 30.0 Å². The minimum absolute atomic E-state index is 0.210. The van der Waals surface area contributed by atoms with Crippen molar-refractivity contribution in [2.24, 2.45) is 5.92 Å². The molecule has 0 fully saturated rings. The molecule has 0 amide bonds. The van der Waals surface area contributed by atoms with Crippen LogP contribution in [0.1, 0.15) is 19.4 Å². The summed E-state index contributed by atoms with van der Waals surface area (Å²) in [5.41, 5.74) is 2.29. The van der Waals surface area contributed by atoms with E-state index in [0.29, 0.717) is 12.5 Å². The third kappa shape index (κ3) is 4.64. The van der Waals surface area contributed by atoms with Gasteiger partial charge in [0, 0.05) is 12.2 Å². The Morgan fingerprint density at radius 2 is 1.81 bits per heavy atom. The largest absolute Gasteiger partial charge is 0.394 e. The molecular formula is C13H21NO2. The third-order valence-electron chi connectivity index (χ3n) is 2.35. The average Bonchev–Trinajstić information content (AvgIpc) is 2.27. The summed E-state index contributed by atoms with van der Waals surface area (Å²) in [7, 11) is 0. The summed E-state index contributed by atoms with van der Waals surface area (Å²) in [4.78, 5) is 0. The van der Waals surface area contributed by atoms with Gasteiger partial charge in [-0.15, -0.1) is 0 Å². The first-order chi connectivity index (χ1) is 7.61. The highest BCUT2D eigenvalue weighted by Crippen LogP contribution is 2.12. The van der Waals surface area contributed by atoms with Crippen LogP contribution in [0.2, 0.25) is 0 Å². The smallest absolute Gasteiger partial charge is 0.0942 e. The van der Waals surface area contributed by atoms with E-state index in [9.17, 15) is 5.11 Å². The molecule has 0 saturated heterocycles. The predicted molar refractivity (Wildman–Crippen MR) is 66.6 cm³/mol. The highest BCUT2D eigenvalue weighted by Gasteiger charge is 2.01. The summed E-state index contributed by atoms with van der Waals surface area (Å²) in [6, 6.07) is 8.19. The van der Waals surface area contributed by atoms with E-state index < -0.39 is 6.10 Å². The molecule has 1 rings (SSSR count). The van der Waals surface area contributed by atoms with Gasteiger partial charge in [0.25, 0.3) is 0 Å². The molecule has 3 nitrogen and oxygen atoms in total. The molecule has 0 radical (unpaired) electrons. The van der Waals surface area contributed by atoms with Crippen LogP contribution in [-0.2, 0) is 6.42 Å². The number of hydrogen-bond donors (Lipinski definition) is 3. The van der Waals surface area contributed by atoms with E-state index in [1.54, 1.807) is 0 Å². The molecule has 0 aliphatic heterocycles. The minimum Gasteiger partial charge on any atom is -0.394 e.